The van der Waals surface area contributed by atoms with Crippen molar-refractivity contribution in [2.75, 3.05) is 0 Å². The summed E-state index contributed by atoms with van der Waals surface area (Å²) in [4.78, 5) is 0. The molecule has 1 saturated carbocycles. The Kier molecular flexibility index (Phi) is 17.5. The molecule has 8 rings (SSSR count). The van der Waals surface area contributed by atoms with Gasteiger partial charge in [-0.1, -0.05) is 123 Å². The van der Waals surface area contributed by atoms with E-state index >= 15 is 0 Å². The van der Waals surface area contributed by atoms with Crippen LogP contribution in [0, 0.1) is 51.7 Å². The van der Waals surface area contributed by atoms with Gasteiger partial charge in [0.05, 0.1) is 0 Å². The second-order valence-electron chi connectivity index (χ2n) is 15.2. The molecule has 3 aromatic rings. The summed E-state index contributed by atoms with van der Waals surface area (Å²) in [6.07, 6.45) is 18.5. The van der Waals surface area contributed by atoms with Crippen LogP contribution < -0.4 is 0 Å². The van der Waals surface area contributed by atoms with Crippen molar-refractivity contribution in [3.8, 4) is 0 Å². The molecule has 0 nitrogen and oxygen atoms in total. The molecule has 5 heteroatoms. The van der Waals surface area contributed by atoms with E-state index < -0.39 is 0 Å². The van der Waals surface area contributed by atoms with Crippen LogP contribution in [-0.4, -0.2) is 4.21 Å². The van der Waals surface area contributed by atoms with Crippen LogP contribution in [0.3, 0.4) is 0 Å². The first-order valence-corrected chi connectivity index (χ1v) is 20.1. The fourth-order valence-corrected chi connectivity index (χ4v) is 8.89. The maximum absolute atomic E-state index is 5.52. The van der Waals surface area contributed by atoms with E-state index in [1.807, 2.05) is 12.2 Å². The zero-order valence-electron chi connectivity index (χ0n) is 32.0. The zero-order chi connectivity index (χ0) is 36.7. The van der Waals surface area contributed by atoms with Crippen LogP contribution in [-0.2, 0) is 30.7 Å². The van der Waals surface area contributed by atoms with Crippen molar-refractivity contribution in [2.45, 2.75) is 81.1 Å². The van der Waals surface area contributed by atoms with Crippen molar-refractivity contribution in [2.24, 2.45) is 27.6 Å². The Morgan fingerprint density at radius 2 is 1.35 bits per heavy atom. The van der Waals surface area contributed by atoms with Crippen LogP contribution >= 0.6 is 48.0 Å². The Bertz CT molecular complexity index is 1710. The fourth-order valence-electron chi connectivity index (χ4n) is 8.64. The van der Waals surface area contributed by atoms with Crippen molar-refractivity contribution in [1.29, 1.82) is 0 Å². The molecule has 0 radical (unpaired) electrons. The van der Waals surface area contributed by atoms with E-state index in [2.05, 4.69) is 120 Å². The number of benzene rings is 3. The molecule has 52 heavy (non-hydrogen) atoms. The molecule has 0 amide bonds. The summed E-state index contributed by atoms with van der Waals surface area (Å²) in [5.41, 5.74) is 10.3. The van der Waals surface area contributed by atoms with E-state index in [-0.39, 0.29) is 46.5 Å². The molecule has 0 heterocycles. The average Bonchev–Trinajstić information content (AvgIpc) is 3.82. The minimum absolute atomic E-state index is 0. The molecule has 278 valence electrons. The number of rotatable bonds is 0. The van der Waals surface area contributed by atoms with Gasteiger partial charge < -0.3 is 0 Å². The summed E-state index contributed by atoms with van der Waals surface area (Å²) in [7, 11) is 0. The summed E-state index contributed by atoms with van der Waals surface area (Å²) in [6.45, 7) is 20.3. The summed E-state index contributed by atoms with van der Waals surface area (Å²) in [5.74, 6) is 2.24. The summed E-state index contributed by atoms with van der Waals surface area (Å²) in [6, 6.07) is 29.2. The first kappa shape index (κ1) is 46.3. The van der Waals surface area contributed by atoms with Gasteiger partial charge >= 0.3 is 28.4 Å². The number of halogens is 4. The molecule has 0 spiro atoms. The van der Waals surface area contributed by atoms with Gasteiger partial charge in [0.1, 0.15) is 0 Å². The molecule has 2 atom stereocenters. The minimum atomic E-state index is 0. The van der Waals surface area contributed by atoms with Gasteiger partial charge in [0.2, 0.25) is 0 Å². The zero-order valence-corrected chi connectivity index (χ0v) is 37.6. The van der Waals surface area contributed by atoms with E-state index in [4.69, 9.17) is 23.2 Å². The van der Waals surface area contributed by atoms with Gasteiger partial charge in [0.25, 0.3) is 0 Å². The number of fused-ring (bicyclic) bond motifs is 6. The topological polar surface area (TPSA) is 0 Å². The van der Waals surface area contributed by atoms with Crippen molar-refractivity contribution in [3.05, 3.63) is 165 Å². The Balaban J connectivity index is 0.000000331. The monoisotopic (exact) mass is 848 g/mol. The number of hydrogen-bond acceptors (Lipinski definition) is 0. The Morgan fingerprint density at radius 1 is 0.788 bits per heavy atom. The van der Waals surface area contributed by atoms with Crippen molar-refractivity contribution >= 4 is 57.8 Å². The predicted molar refractivity (Wildman–Crippen MR) is 228 cm³/mol. The van der Waals surface area contributed by atoms with Crippen molar-refractivity contribution in [3.63, 3.8) is 0 Å². The standard InChI is InChI=1S/C29H37.2C6H4Cl.C5H5.CH2.2ClH.Zr/c1-18-25-22-17-19-13-9-10-14-20(19)24(22)21-15-11-12-16-23(21)29(25,8)28(6,7)27(4,5)26(18,2)3;2*7-6-4-2-1-3-5-6;1-2-4-5-3-1;;;;/h9-11,13-15,23H,12,16-17H2,1-8H3;2*2-5H;1-3H,4H2;1H2;2*1H;/q4*-1;;;;. The first-order chi connectivity index (χ1) is 23.8. The molecule has 3 aromatic carbocycles. The van der Waals surface area contributed by atoms with E-state index in [0.29, 0.717) is 5.92 Å². The average molecular weight is 852 g/mol. The van der Waals surface area contributed by atoms with E-state index in [1.165, 1.54) is 48.2 Å². The molecule has 2 unspecified atom stereocenters. The third kappa shape index (κ3) is 8.82. The summed E-state index contributed by atoms with van der Waals surface area (Å²) >= 11 is 12.3. The van der Waals surface area contributed by atoms with E-state index in [1.54, 1.807) is 76.7 Å². The molecule has 5 aliphatic carbocycles. The van der Waals surface area contributed by atoms with Gasteiger partial charge in [-0.15, -0.1) is 61.4 Å². The van der Waals surface area contributed by atoms with Crippen LogP contribution in [0.4, 0.5) is 0 Å². The Morgan fingerprint density at radius 3 is 1.81 bits per heavy atom. The van der Waals surface area contributed by atoms with E-state index in [0.717, 1.165) is 22.9 Å². The fraction of sp³-hybridized carbons (Fsp3) is 0.362. The molecule has 0 saturated heterocycles. The van der Waals surface area contributed by atoms with Gasteiger partial charge in [-0.2, -0.15) is 77.9 Å². The maximum atomic E-state index is 5.52. The van der Waals surface area contributed by atoms with Crippen LogP contribution in [0.2, 0.25) is 10.0 Å². The third-order valence-corrected chi connectivity index (χ3v) is 13.2. The molecule has 0 aromatic heterocycles. The van der Waals surface area contributed by atoms with Crippen molar-refractivity contribution < 1.29 is 24.2 Å². The quantitative estimate of drug-likeness (QED) is 0.198. The number of hydrogen-bond donors (Lipinski definition) is 0. The first-order valence-electron chi connectivity index (χ1n) is 17.6. The molecule has 1 fully saturated rings. The SMILES string of the molecule is C[C-]1C2=C3Cc4ccccc4C3=C3C=CCCC3C2(C)C(C)(C)C(C)(C)C1(C)C.Cl.Cl.Clc1cc[c-]cc1.Clc1cc[c-]cc1.[C-]1=CC=CC1.[CH2]=[Zr]. The van der Waals surface area contributed by atoms with Crippen molar-refractivity contribution in [1.82, 2.24) is 0 Å². The van der Waals surface area contributed by atoms with Crippen LogP contribution in [0.1, 0.15) is 85.8 Å². The third-order valence-electron chi connectivity index (χ3n) is 12.7. The molecule has 0 N–H and O–H groups in total. The van der Waals surface area contributed by atoms with Gasteiger partial charge in [0.15, 0.2) is 0 Å². The molecule has 0 bridgehead atoms. The number of allylic oxidation sites excluding steroid dienone is 10. The molecular formula is C47H54Cl4Zr-4. The van der Waals surface area contributed by atoms with Crippen LogP contribution in [0.25, 0.3) is 5.57 Å². The van der Waals surface area contributed by atoms with Crippen LogP contribution in [0.5, 0.6) is 0 Å². The van der Waals surface area contributed by atoms with Gasteiger partial charge in [-0.05, 0) is 40.6 Å². The van der Waals surface area contributed by atoms with E-state index in [9.17, 15) is 0 Å². The predicted octanol–water partition coefficient (Wildman–Crippen LogP) is 14.4. The molecule has 0 aliphatic heterocycles. The molecular weight excluding hydrogens is 798 g/mol. The van der Waals surface area contributed by atoms with Gasteiger partial charge in [-0.25, -0.2) is 18.1 Å². The second kappa shape index (κ2) is 19.6. The Labute approximate surface area is 353 Å². The summed E-state index contributed by atoms with van der Waals surface area (Å²) in [5, 5.41) is 1.53. The normalized spacial score (nSPS) is 22.6. The second-order valence-corrected chi connectivity index (χ2v) is 16.1. The summed E-state index contributed by atoms with van der Waals surface area (Å²) < 4.78 is 3.34. The molecule has 5 aliphatic rings. The van der Waals surface area contributed by atoms with Gasteiger partial charge in [-0.3, -0.25) is 6.08 Å². The van der Waals surface area contributed by atoms with Gasteiger partial charge in [0, 0.05) is 0 Å². The Hall–Kier alpha value is -1.86. The van der Waals surface area contributed by atoms with Crippen LogP contribution in [0.15, 0.2) is 120 Å².